The van der Waals surface area contributed by atoms with Crippen LogP contribution in [-0.4, -0.2) is 7.28 Å². The van der Waals surface area contributed by atoms with E-state index in [9.17, 15) is 0 Å². The van der Waals surface area contributed by atoms with Gasteiger partial charge in [-0.1, -0.05) is 64.3 Å². The predicted molar refractivity (Wildman–Crippen MR) is 79.8 cm³/mol. The first-order valence-electron chi connectivity index (χ1n) is 7.83. The van der Waals surface area contributed by atoms with Crippen LogP contribution in [-0.2, 0) is 0 Å². The lowest BCUT2D eigenvalue weighted by Gasteiger charge is -2.27. The van der Waals surface area contributed by atoms with Gasteiger partial charge in [0.2, 0.25) is 0 Å². The number of hydrogen-bond acceptors (Lipinski definition) is 0. The fourth-order valence-corrected chi connectivity index (χ4v) is 2.83. The minimum absolute atomic E-state index is 0.991. The molecule has 0 heterocycles. The molecule has 0 aromatic heterocycles. The molecule has 97 valence electrons. The van der Waals surface area contributed by atoms with Crippen LogP contribution in [0.4, 0.5) is 0 Å². The van der Waals surface area contributed by atoms with Gasteiger partial charge in [0.15, 0.2) is 0 Å². The summed E-state index contributed by atoms with van der Waals surface area (Å²) >= 11 is 0. The van der Waals surface area contributed by atoms with E-state index in [0.717, 1.165) is 11.8 Å². The van der Waals surface area contributed by atoms with Gasteiger partial charge in [0, 0.05) is 0 Å². The van der Waals surface area contributed by atoms with E-state index in [0.29, 0.717) is 0 Å². The SMILES string of the molecule is CC[B]CC1CCC(C/C=C\CCCC)CC1. The Morgan fingerprint density at radius 3 is 2.35 bits per heavy atom. The zero-order chi connectivity index (χ0) is 12.3. The number of unbranched alkanes of at least 4 members (excludes halogenated alkanes) is 2. The number of hydrogen-bond donors (Lipinski definition) is 0. The van der Waals surface area contributed by atoms with Gasteiger partial charge >= 0.3 is 0 Å². The van der Waals surface area contributed by atoms with Gasteiger partial charge in [-0.05, 0) is 37.5 Å². The second-order valence-electron chi connectivity index (χ2n) is 5.67. The van der Waals surface area contributed by atoms with E-state index in [1.807, 2.05) is 0 Å². The first kappa shape index (κ1) is 14.9. The summed E-state index contributed by atoms with van der Waals surface area (Å²) in [4.78, 5) is 0. The van der Waals surface area contributed by atoms with Gasteiger partial charge in [-0.15, -0.1) is 0 Å². The van der Waals surface area contributed by atoms with Crippen LogP contribution in [0.3, 0.4) is 0 Å². The minimum Gasteiger partial charge on any atom is -0.0885 e. The molecule has 1 aliphatic carbocycles. The monoisotopic (exact) mass is 233 g/mol. The van der Waals surface area contributed by atoms with Crippen molar-refractivity contribution in [1.82, 2.24) is 0 Å². The summed E-state index contributed by atoms with van der Waals surface area (Å²) in [6.45, 7) is 4.52. The third-order valence-electron chi connectivity index (χ3n) is 4.12. The molecule has 1 fully saturated rings. The van der Waals surface area contributed by atoms with Gasteiger partial charge in [0.1, 0.15) is 7.28 Å². The molecule has 0 amide bonds. The lowest BCUT2D eigenvalue weighted by molar-refractivity contribution is 0.291. The molecule has 0 spiro atoms. The van der Waals surface area contributed by atoms with Crippen LogP contribution >= 0.6 is 0 Å². The highest BCUT2D eigenvalue weighted by atomic mass is 14.2. The molecule has 1 radical (unpaired) electrons. The van der Waals surface area contributed by atoms with Gasteiger partial charge in [-0.25, -0.2) is 0 Å². The van der Waals surface area contributed by atoms with E-state index >= 15 is 0 Å². The summed E-state index contributed by atoms with van der Waals surface area (Å²) in [6.07, 6.45) is 18.7. The molecule has 0 N–H and O–H groups in total. The molecule has 0 aromatic carbocycles. The predicted octanol–water partition coefficient (Wildman–Crippen LogP) is 5.49. The molecule has 1 heteroatoms. The second kappa shape index (κ2) is 9.80. The highest BCUT2D eigenvalue weighted by Crippen LogP contribution is 2.33. The number of allylic oxidation sites excluding steroid dienone is 2. The van der Waals surface area contributed by atoms with E-state index < -0.39 is 0 Å². The standard InChI is InChI=1S/C16H30B/c1-3-5-6-7-8-9-15-10-12-16(13-11-15)14-17-4-2/h7-8,15-16H,3-6,9-14H2,1-2H3/b8-7-. The second-order valence-corrected chi connectivity index (χ2v) is 5.67. The fourth-order valence-electron chi connectivity index (χ4n) is 2.83. The highest BCUT2D eigenvalue weighted by molar-refractivity contribution is 6.35. The molecule has 0 aromatic rings. The maximum Gasteiger partial charge on any atom is 0.109 e. The van der Waals surface area contributed by atoms with Crippen LogP contribution in [0.2, 0.25) is 12.6 Å². The van der Waals surface area contributed by atoms with Gasteiger partial charge in [-0.2, -0.15) is 0 Å². The van der Waals surface area contributed by atoms with Crippen LogP contribution in [0.15, 0.2) is 12.2 Å². The first-order chi connectivity index (χ1) is 8.36. The topological polar surface area (TPSA) is 0 Å². The third kappa shape index (κ3) is 6.96. The van der Waals surface area contributed by atoms with E-state index in [4.69, 9.17) is 0 Å². The summed E-state index contributed by atoms with van der Waals surface area (Å²) in [5.74, 6) is 2.00. The molecule has 1 saturated carbocycles. The van der Waals surface area contributed by atoms with Crippen molar-refractivity contribution in [2.75, 3.05) is 0 Å². The molecule has 0 atom stereocenters. The smallest absolute Gasteiger partial charge is 0.0885 e. The Balaban J connectivity index is 2.04. The van der Waals surface area contributed by atoms with Crippen LogP contribution in [0.25, 0.3) is 0 Å². The van der Waals surface area contributed by atoms with Crippen molar-refractivity contribution in [2.45, 2.75) is 77.9 Å². The van der Waals surface area contributed by atoms with Crippen molar-refractivity contribution in [3.63, 3.8) is 0 Å². The van der Waals surface area contributed by atoms with Gasteiger partial charge in [-0.3, -0.25) is 0 Å². The van der Waals surface area contributed by atoms with Gasteiger partial charge in [0.05, 0.1) is 0 Å². The molecular formula is C16H30B. The number of rotatable bonds is 8. The van der Waals surface area contributed by atoms with Crippen LogP contribution in [0.1, 0.15) is 65.2 Å². The molecule has 1 rings (SSSR count). The molecule has 17 heavy (non-hydrogen) atoms. The quantitative estimate of drug-likeness (QED) is 0.295. The molecular weight excluding hydrogens is 203 g/mol. The van der Waals surface area contributed by atoms with Crippen LogP contribution < -0.4 is 0 Å². The van der Waals surface area contributed by atoms with Crippen molar-refractivity contribution in [2.24, 2.45) is 11.8 Å². The van der Waals surface area contributed by atoms with Crippen LogP contribution in [0, 0.1) is 11.8 Å². The normalized spacial score (nSPS) is 25.3. The Morgan fingerprint density at radius 2 is 1.71 bits per heavy atom. The zero-order valence-electron chi connectivity index (χ0n) is 12.0. The molecule has 1 aliphatic rings. The van der Waals surface area contributed by atoms with Crippen molar-refractivity contribution in [1.29, 1.82) is 0 Å². The average Bonchev–Trinajstić information content (AvgIpc) is 2.37. The first-order valence-corrected chi connectivity index (χ1v) is 7.83. The summed E-state index contributed by atoms with van der Waals surface area (Å²) < 4.78 is 0. The molecule has 0 saturated heterocycles. The Hall–Kier alpha value is -0.195. The minimum atomic E-state index is 0.991. The van der Waals surface area contributed by atoms with Gasteiger partial charge < -0.3 is 0 Å². The van der Waals surface area contributed by atoms with Gasteiger partial charge in [0.25, 0.3) is 0 Å². The van der Waals surface area contributed by atoms with Crippen molar-refractivity contribution in [3.8, 4) is 0 Å². The van der Waals surface area contributed by atoms with E-state index in [1.165, 1.54) is 64.0 Å². The summed E-state index contributed by atoms with van der Waals surface area (Å²) in [5, 5.41) is 0. The largest absolute Gasteiger partial charge is 0.109 e. The maximum absolute atomic E-state index is 2.47. The Labute approximate surface area is 110 Å². The fraction of sp³-hybridized carbons (Fsp3) is 0.875. The molecule has 0 aliphatic heterocycles. The zero-order valence-corrected chi connectivity index (χ0v) is 12.0. The Bertz CT molecular complexity index is 190. The Kier molecular flexibility index (Phi) is 8.57. The summed E-state index contributed by atoms with van der Waals surface area (Å²) in [5.41, 5.74) is 0. The molecule has 0 nitrogen and oxygen atoms in total. The Morgan fingerprint density at radius 1 is 1.00 bits per heavy atom. The maximum atomic E-state index is 2.47. The summed E-state index contributed by atoms with van der Waals surface area (Å²) in [6, 6.07) is 0. The van der Waals surface area contributed by atoms with Crippen molar-refractivity contribution < 1.29 is 0 Å². The van der Waals surface area contributed by atoms with Crippen molar-refractivity contribution >= 4 is 7.28 Å². The lowest BCUT2D eigenvalue weighted by Crippen LogP contribution is -2.15. The summed E-state index contributed by atoms with van der Waals surface area (Å²) in [7, 11) is 2.47. The van der Waals surface area contributed by atoms with Crippen molar-refractivity contribution in [3.05, 3.63) is 12.2 Å². The van der Waals surface area contributed by atoms with E-state index in [1.54, 1.807) is 0 Å². The molecule has 0 bridgehead atoms. The molecule has 0 unspecified atom stereocenters. The van der Waals surface area contributed by atoms with E-state index in [-0.39, 0.29) is 0 Å². The van der Waals surface area contributed by atoms with Crippen LogP contribution in [0.5, 0.6) is 0 Å². The third-order valence-corrected chi connectivity index (χ3v) is 4.12. The highest BCUT2D eigenvalue weighted by Gasteiger charge is 2.19. The lowest BCUT2D eigenvalue weighted by atomic mass is 9.63. The average molecular weight is 233 g/mol. The van der Waals surface area contributed by atoms with E-state index in [2.05, 4.69) is 33.3 Å².